The number of hydrogen-bond donors (Lipinski definition) is 2. The van der Waals surface area contributed by atoms with E-state index in [2.05, 4.69) is 10.5 Å². The minimum atomic E-state index is -0.540. The van der Waals surface area contributed by atoms with E-state index in [-0.39, 0.29) is 23.3 Å². The Morgan fingerprint density at radius 1 is 1.14 bits per heavy atom. The van der Waals surface area contributed by atoms with E-state index in [1.54, 1.807) is 37.3 Å². The zero-order valence-corrected chi connectivity index (χ0v) is 15.8. The molecule has 1 aliphatic carbocycles. The van der Waals surface area contributed by atoms with Gasteiger partial charge in [0.1, 0.15) is 11.6 Å². The third kappa shape index (κ3) is 2.83. The number of carbonyl (C=O) groups is 1. The average molecular weight is 390 g/mol. The molecule has 3 aromatic rings. The number of anilines is 1. The molecule has 2 N–H and O–H groups in total. The highest BCUT2D eigenvalue weighted by molar-refractivity contribution is 6.01. The molecule has 0 saturated heterocycles. The Labute approximate surface area is 166 Å². The number of nitrogens with zero attached hydrogens (tertiary/aromatic N) is 1. The molecule has 6 heteroatoms. The molecule has 1 aliphatic heterocycles. The molecule has 0 bridgehead atoms. The molecule has 5 nitrogen and oxygen atoms in total. The highest BCUT2D eigenvalue weighted by atomic mass is 19.1. The molecule has 0 spiro atoms. The van der Waals surface area contributed by atoms with Gasteiger partial charge < -0.3 is 14.9 Å². The van der Waals surface area contributed by atoms with E-state index in [1.165, 1.54) is 6.07 Å². The number of aromatic hydroxyl groups is 1. The molecular formula is C23H19FN2O3. The predicted molar refractivity (Wildman–Crippen MR) is 105 cm³/mol. The van der Waals surface area contributed by atoms with Gasteiger partial charge in [0.05, 0.1) is 11.3 Å². The highest BCUT2D eigenvalue weighted by Crippen LogP contribution is 2.49. The number of nitrogens with one attached hydrogen (secondary N) is 1. The number of ketones is 1. The molecule has 2 aromatic carbocycles. The molecular weight excluding hydrogens is 371 g/mol. The first kappa shape index (κ1) is 17.7. The Kier molecular flexibility index (Phi) is 4.01. The van der Waals surface area contributed by atoms with Crippen molar-refractivity contribution in [2.24, 2.45) is 0 Å². The van der Waals surface area contributed by atoms with Crippen LogP contribution in [-0.4, -0.2) is 16.0 Å². The number of carbonyl (C=O) groups excluding carboxylic acids is 1. The van der Waals surface area contributed by atoms with Crippen molar-refractivity contribution in [1.82, 2.24) is 5.16 Å². The summed E-state index contributed by atoms with van der Waals surface area (Å²) in [5.41, 5.74) is 4.11. The summed E-state index contributed by atoms with van der Waals surface area (Å²) in [5.74, 6) is -0.285. The second kappa shape index (κ2) is 6.58. The van der Waals surface area contributed by atoms with Crippen molar-refractivity contribution in [2.75, 3.05) is 5.32 Å². The molecule has 0 saturated carbocycles. The minimum Gasteiger partial charge on any atom is -0.508 e. The minimum absolute atomic E-state index is 0.0173. The molecule has 2 aliphatic rings. The van der Waals surface area contributed by atoms with Crippen molar-refractivity contribution in [1.29, 1.82) is 0 Å². The number of phenols is 1. The first-order valence-electron chi connectivity index (χ1n) is 9.55. The van der Waals surface area contributed by atoms with Crippen molar-refractivity contribution in [2.45, 2.75) is 31.6 Å². The zero-order valence-electron chi connectivity index (χ0n) is 15.8. The Bertz CT molecular complexity index is 1150. The van der Waals surface area contributed by atoms with Gasteiger partial charge in [-0.25, -0.2) is 4.39 Å². The lowest BCUT2D eigenvalue weighted by Gasteiger charge is -2.34. The summed E-state index contributed by atoms with van der Waals surface area (Å²) in [6, 6.07) is 13.4. The van der Waals surface area contributed by atoms with Crippen LogP contribution >= 0.6 is 0 Å². The Balaban J connectivity index is 1.63. The SMILES string of the molecule is Cc1noc2c1[C@H](c1ccccc1F)C1=C(C[C@@H](c3ccc(O)cc3)CC1=O)N2. The molecule has 146 valence electrons. The van der Waals surface area contributed by atoms with E-state index in [9.17, 15) is 14.3 Å². The number of phenolic OH excluding ortho intramolecular Hbond substituents is 1. The van der Waals surface area contributed by atoms with Crippen LogP contribution in [0.2, 0.25) is 0 Å². The molecule has 0 amide bonds. The number of aromatic nitrogens is 1. The van der Waals surface area contributed by atoms with Gasteiger partial charge in [0.25, 0.3) is 0 Å². The highest BCUT2D eigenvalue weighted by Gasteiger charge is 2.41. The van der Waals surface area contributed by atoms with Gasteiger partial charge in [0.15, 0.2) is 5.78 Å². The number of Topliss-reactive ketones (excluding diaryl/α,β-unsaturated/α-hetero) is 1. The normalized spacial score (nSPS) is 20.8. The number of halogens is 1. The Morgan fingerprint density at radius 3 is 2.66 bits per heavy atom. The van der Waals surface area contributed by atoms with Gasteiger partial charge in [-0.1, -0.05) is 35.5 Å². The van der Waals surface area contributed by atoms with Crippen molar-refractivity contribution >= 4 is 11.7 Å². The van der Waals surface area contributed by atoms with Gasteiger partial charge in [0.2, 0.25) is 5.88 Å². The molecule has 0 unspecified atom stereocenters. The van der Waals surface area contributed by atoms with Crippen molar-refractivity contribution in [3.63, 3.8) is 0 Å². The fourth-order valence-electron chi connectivity index (χ4n) is 4.47. The first-order chi connectivity index (χ1) is 14.0. The topological polar surface area (TPSA) is 75.4 Å². The van der Waals surface area contributed by atoms with Crippen LogP contribution < -0.4 is 5.32 Å². The monoisotopic (exact) mass is 390 g/mol. The summed E-state index contributed by atoms with van der Waals surface area (Å²) < 4.78 is 20.2. The van der Waals surface area contributed by atoms with Crippen LogP contribution in [-0.2, 0) is 4.79 Å². The summed E-state index contributed by atoms with van der Waals surface area (Å²) in [6.45, 7) is 1.80. The van der Waals surface area contributed by atoms with Crippen LogP contribution in [0.25, 0.3) is 0 Å². The summed E-state index contributed by atoms with van der Waals surface area (Å²) in [6.07, 6.45) is 0.923. The summed E-state index contributed by atoms with van der Waals surface area (Å²) >= 11 is 0. The number of rotatable bonds is 2. The zero-order chi connectivity index (χ0) is 20.1. The van der Waals surface area contributed by atoms with Gasteiger partial charge >= 0.3 is 0 Å². The third-order valence-electron chi connectivity index (χ3n) is 5.84. The van der Waals surface area contributed by atoms with E-state index in [0.717, 1.165) is 11.3 Å². The standard InChI is InChI=1S/C23H19FN2O3/c1-12-20-21(16-4-2-3-5-17(16)24)22-18(25-23(20)29-26-12)10-14(11-19(22)28)13-6-8-15(27)9-7-13/h2-9,14,21,25,27H,10-11H2,1H3/t14-,21+/m1/s1. The lowest BCUT2D eigenvalue weighted by Crippen LogP contribution is -2.30. The third-order valence-corrected chi connectivity index (χ3v) is 5.84. The summed E-state index contributed by atoms with van der Waals surface area (Å²) in [5, 5.41) is 16.8. The van der Waals surface area contributed by atoms with Gasteiger partial charge in [-0.05, 0) is 43.0 Å². The second-order valence-electron chi connectivity index (χ2n) is 7.60. The van der Waals surface area contributed by atoms with Gasteiger partial charge in [-0.15, -0.1) is 0 Å². The lowest BCUT2D eigenvalue weighted by atomic mass is 9.72. The van der Waals surface area contributed by atoms with Gasteiger partial charge in [-0.3, -0.25) is 4.79 Å². The number of benzene rings is 2. The smallest absolute Gasteiger partial charge is 0.233 e. The quantitative estimate of drug-likeness (QED) is 0.658. The van der Waals surface area contributed by atoms with Gasteiger partial charge in [0, 0.05) is 29.2 Å². The maximum absolute atomic E-state index is 14.7. The van der Waals surface area contributed by atoms with Crippen LogP contribution in [0.3, 0.4) is 0 Å². The van der Waals surface area contributed by atoms with Crippen molar-refractivity contribution in [3.05, 3.63) is 88.0 Å². The lowest BCUT2D eigenvalue weighted by molar-refractivity contribution is -0.116. The number of aryl methyl sites for hydroxylation is 1. The predicted octanol–water partition coefficient (Wildman–Crippen LogP) is 4.79. The summed E-state index contributed by atoms with van der Waals surface area (Å²) in [4.78, 5) is 13.3. The second-order valence-corrected chi connectivity index (χ2v) is 7.60. The van der Waals surface area contributed by atoms with Gasteiger partial charge in [-0.2, -0.15) is 0 Å². The van der Waals surface area contributed by atoms with E-state index >= 15 is 0 Å². The number of hydrogen-bond acceptors (Lipinski definition) is 5. The Hall–Kier alpha value is -3.41. The van der Waals surface area contributed by atoms with E-state index in [4.69, 9.17) is 4.52 Å². The molecule has 2 heterocycles. The number of fused-ring (bicyclic) bond motifs is 1. The van der Waals surface area contributed by atoms with Crippen molar-refractivity contribution in [3.8, 4) is 5.75 Å². The fourth-order valence-corrected chi connectivity index (χ4v) is 4.47. The maximum Gasteiger partial charge on any atom is 0.233 e. The maximum atomic E-state index is 14.7. The largest absolute Gasteiger partial charge is 0.508 e. The Morgan fingerprint density at radius 2 is 1.90 bits per heavy atom. The van der Waals surface area contributed by atoms with Crippen LogP contribution in [0, 0.1) is 12.7 Å². The summed E-state index contributed by atoms with van der Waals surface area (Å²) in [7, 11) is 0. The van der Waals surface area contributed by atoms with E-state index in [0.29, 0.717) is 41.1 Å². The molecule has 2 atom stereocenters. The number of allylic oxidation sites excluding steroid dienone is 2. The van der Waals surface area contributed by atoms with Crippen molar-refractivity contribution < 1.29 is 18.8 Å². The molecule has 0 fully saturated rings. The first-order valence-corrected chi connectivity index (χ1v) is 9.55. The van der Waals surface area contributed by atoms with E-state index < -0.39 is 5.92 Å². The van der Waals surface area contributed by atoms with Crippen LogP contribution in [0.1, 0.15) is 47.1 Å². The van der Waals surface area contributed by atoms with Crippen LogP contribution in [0.5, 0.6) is 5.75 Å². The van der Waals surface area contributed by atoms with E-state index in [1.807, 2.05) is 12.1 Å². The van der Waals surface area contributed by atoms with Crippen LogP contribution in [0.15, 0.2) is 64.3 Å². The molecule has 5 rings (SSSR count). The van der Waals surface area contributed by atoms with Crippen LogP contribution in [0.4, 0.5) is 10.3 Å². The molecule has 1 aromatic heterocycles. The fraction of sp³-hybridized carbons (Fsp3) is 0.217. The molecule has 29 heavy (non-hydrogen) atoms. The molecule has 0 radical (unpaired) electrons. The average Bonchev–Trinajstić information content (AvgIpc) is 3.08.